The minimum Gasteiger partial charge on any atom is -0.385 e. The van der Waals surface area contributed by atoms with E-state index in [1.807, 2.05) is 18.2 Å². The summed E-state index contributed by atoms with van der Waals surface area (Å²) in [7, 11) is -2.03. The molecule has 0 saturated heterocycles. The number of pyridine rings is 1. The van der Waals surface area contributed by atoms with E-state index in [1.165, 1.54) is 12.4 Å². The van der Waals surface area contributed by atoms with E-state index in [2.05, 4.69) is 25.0 Å². The third kappa shape index (κ3) is 3.37. The fourth-order valence-electron chi connectivity index (χ4n) is 4.30. The molecule has 10 heteroatoms. The maximum Gasteiger partial charge on any atom is 0.265 e. The Kier molecular flexibility index (Phi) is 4.56. The molecular weight excluding hydrogens is 416 g/mol. The van der Waals surface area contributed by atoms with Gasteiger partial charge in [0.25, 0.3) is 10.0 Å². The zero-order valence-corrected chi connectivity index (χ0v) is 17.7. The van der Waals surface area contributed by atoms with Gasteiger partial charge in [-0.25, -0.2) is 8.42 Å². The Labute approximate surface area is 179 Å². The Bertz CT molecular complexity index is 1360. The van der Waals surface area contributed by atoms with E-state index in [1.54, 1.807) is 30.1 Å². The van der Waals surface area contributed by atoms with Crippen LogP contribution < -0.4 is 4.72 Å². The van der Waals surface area contributed by atoms with Crippen molar-refractivity contribution < 1.29 is 13.5 Å². The van der Waals surface area contributed by atoms with E-state index in [9.17, 15) is 13.5 Å². The summed E-state index contributed by atoms with van der Waals surface area (Å²) < 4.78 is 29.6. The molecule has 0 atom stereocenters. The fourth-order valence-corrected chi connectivity index (χ4v) is 5.27. The van der Waals surface area contributed by atoms with Crippen LogP contribution in [0.25, 0.3) is 22.3 Å². The number of para-hydroxylation sites is 1. The number of nitrogens with one attached hydrogen (secondary N) is 2. The van der Waals surface area contributed by atoms with Crippen LogP contribution in [0, 0.1) is 0 Å². The van der Waals surface area contributed by atoms with Crippen LogP contribution in [-0.4, -0.2) is 38.5 Å². The van der Waals surface area contributed by atoms with E-state index in [0.717, 1.165) is 36.6 Å². The smallest absolute Gasteiger partial charge is 0.265 e. The number of benzene rings is 1. The third-order valence-electron chi connectivity index (χ3n) is 5.86. The van der Waals surface area contributed by atoms with Crippen LogP contribution in [-0.2, 0) is 22.7 Å². The van der Waals surface area contributed by atoms with Crippen molar-refractivity contribution in [2.24, 2.45) is 7.05 Å². The predicted molar refractivity (Wildman–Crippen MR) is 116 cm³/mol. The number of rotatable bonds is 5. The lowest BCUT2D eigenvalue weighted by molar-refractivity contribution is 0.0444. The summed E-state index contributed by atoms with van der Waals surface area (Å²) in [5, 5.41) is 22.6. The molecule has 3 aromatic heterocycles. The van der Waals surface area contributed by atoms with Gasteiger partial charge in [0.1, 0.15) is 10.6 Å². The number of aromatic amines is 1. The van der Waals surface area contributed by atoms with Crippen molar-refractivity contribution in [1.29, 1.82) is 0 Å². The highest BCUT2D eigenvalue weighted by Gasteiger charge is 2.33. The molecular formula is C21H22N6O3S. The van der Waals surface area contributed by atoms with Crippen molar-refractivity contribution >= 4 is 26.6 Å². The normalized spacial score (nSPS) is 16.1. The summed E-state index contributed by atoms with van der Waals surface area (Å²) in [4.78, 5) is 4.53. The first-order valence-corrected chi connectivity index (χ1v) is 11.5. The number of sulfonamides is 1. The number of nitrogens with zero attached hydrogens (tertiary/aromatic N) is 4. The molecule has 1 fully saturated rings. The Hall–Kier alpha value is -3.24. The van der Waals surface area contributed by atoms with Gasteiger partial charge in [-0.1, -0.05) is 25.0 Å². The molecule has 0 bridgehead atoms. The zero-order valence-electron chi connectivity index (χ0n) is 16.9. The van der Waals surface area contributed by atoms with Crippen LogP contribution in [0.15, 0.2) is 53.8 Å². The molecule has 1 saturated carbocycles. The molecule has 3 heterocycles. The van der Waals surface area contributed by atoms with Crippen LogP contribution in [0.2, 0.25) is 0 Å². The summed E-state index contributed by atoms with van der Waals surface area (Å²) in [6.45, 7) is 0. The fraction of sp³-hybridized carbons (Fsp3) is 0.286. The molecule has 3 N–H and O–H groups in total. The minimum atomic E-state index is -3.79. The number of H-pyrrole nitrogens is 1. The lowest BCUT2D eigenvalue weighted by Gasteiger charge is -2.22. The second-order valence-electron chi connectivity index (χ2n) is 7.88. The molecule has 0 spiro atoms. The van der Waals surface area contributed by atoms with Crippen molar-refractivity contribution in [3.63, 3.8) is 0 Å². The third-order valence-corrected chi connectivity index (χ3v) is 7.20. The molecule has 5 rings (SSSR count). The molecule has 0 aliphatic heterocycles. The number of aryl methyl sites for hydroxylation is 1. The van der Waals surface area contributed by atoms with Gasteiger partial charge in [0.15, 0.2) is 0 Å². The van der Waals surface area contributed by atoms with Gasteiger partial charge in [-0.2, -0.15) is 10.2 Å². The van der Waals surface area contributed by atoms with Crippen molar-refractivity contribution in [3.8, 4) is 11.4 Å². The Morgan fingerprint density at radius 1 is 1.23 bits per heavy atom. The number of aliphatic hydroxyl groups is 1. The molecule has 1 aromatic carbocycles. The molecule has 0 unspecified atom stereocenters. The second kappa shape index (κ2) is 7.17. The van der Waals surface area contributed by atoms with E-state index >= 15 is 0 Å². The average molecular weight is 439 g/mol. The number of anilines is 1. The summed E-state index contributed by atoms with van der Waals surface area (Å²) in [5.74, 6) is 0. The second-order valence-corrected chi connectivity index (χ2v) is 9.56. The molecule has 9 nitrogen and oxygen atoms in total. The van der Waals surface area contributed by atoms with Crippen LogP contribution >= 0.6 is 0 Å². The van der Waals surface area contributed by atoms with E-state index in [-0.39, 0.29) is 4.90 Å². The molecule has 4 aromatic rings. The highest BCUT2D eigenvalue weighted by atomic mass is 32.2. The van der Waals surface area contributed by atoms with Crippen LogP contribution in [0.3, 0.4) is 0 Å². The molecule has 0 radical (unpaired) electrons. The topological polar surface area (TPSA) is 126 Å². The highest BCUT2D eigenvalue weighted by molar-refractivity contribution is 7.92. The first-order chi connectivity index (χ1) is 14.9. The highest BCUT2D eigenvalue weighted by Crippen LogP contribution is 2.40. The Balaban J connectivity index is 1.59. The quantitative estimate of drug-likeness (QED) is 0.440. The summed E-state index contributed by atoms with van der Waals surface area (Å²) >= 11 is 0. The van der Waals surface area contributed by atoms with Gasteiger partial charge in [0, 0.05) is 24.8 Å². The van der Waals surface area contributed by atoms with Gasteiger partial charge in [-0.3, -0.25) is 19.5 Å². The number of fused-ring (bicyclic) bond motifs is 1. The lowest BCUT2D eigenvalue weighted by atomic mass is 9.92. The SMILES string of the molecule is Cn1nc(-c2cc(C3(O)CCCC3)ccn2)c2cccc(NS(=O)(=O)c3cn[nH]c3)c21. The van der Waals surface area contributed by atoms with Gasteiger partial charge in [-0.05, 0) is 36.6 Å². The Morgan fingerprint density at radius 3 is 2.77 bits per heavy atom. The van der Waals surface area contributed by atoms with Gasteiger partial charge in [0.2, 0.25) is 0 Å². The van der Waals surface area contributed by atoms with Gasteiger partial charge in [-0.15, -0.1) is 0 Å². The predicted octanol–water partition coefficient (Wildman–Crippen LogP) is 2.92. The summed E-state index contributed by atoms with van der Waals surface area (Å²) in [5.41, 5.74) is 2.32. The first-order valence-electron chi connectivity index (χ1n) is 10.0. The summed E-state index contributed by atoms with van der Waals surface area (Å²) in [6, 6.07) is 9.08. The Morgan fingerprint density at radius 2 is 2.03 bits per heavy atom. The largest absolute Gasteiger partial charge is 0.385 e. The molecule has 1 aliphatic rings. The van der Waals surface area contributed by atoms with Gasteiger partial charge < -0.3 is 5.11 Å². The van der Waals surface area contributed by atoms with Crippen molar-refractivity contribution in [3.05, 3.63) is 54.5 Å². The molecule has 160 valence electrons. The number of hydrogen-bond acceptors (Lipinski definition) is 6. The van der Waals surface area contributed by atoms with Crippen molar-refractivity contribution in [2.75, 3.05) is 4.72 Å². The van der Waals surface area contributed by atoms with E-state index in [4.69, 9.17) is 0 Å². The van der Waals surface area contributed by atoms with Crippen LogP contribution in [0.1, 0.15) is 31.2 Å². The van der Waals surface area contributed by atoms with Crippen molar-refractivity contribution in [1.82, 2.24) is 25.0 Å². The molecule has 1 aliphatic carbocycles. The van der Waals surface area contributed by atoms with Gasteiger partial charge >= 0.3 is 0 Å². The first kappa shape index (κ1) is 19.7. The maximum atomic E-state index is 12.7. The lowest BCUT2D eigenvalue weighted by Crippen LogP contribution is -2.20. The molecule has 0 amide bonds. The van der Waals surface area contributed by atoms with E-state index in [0.29, 0.717) is 22.6 Å². The average Bonchev–Trinajstić information content (AvgIpc) is 3.50. The van der Waals surface area contributed by atoms with Crippen molar-refractivity contribution in [2.45, 2.75) is 36.2 Å². The van der Waals surface area contributed by atoms with Crippen LogP contribution in [0.4, 0.5) is 5.69 Å². The standard InChI is InChI=1S/C21H22N6O3S/c1-27-20-16(5-4-6-17(20)26-31(29,30)15-12-23-24-13-15)19(25-27)18-11-14(7-10-22-18)21(28)8-2-3-9-21/h4-7,10-13,26,28H,2-3,8-9H2,1H3,(H,23,24). The minimum absolute atomic E-state index is 0.0473. The van der Waals surface area contributed by atoms with Crippen LogP contribution in [0.5, 0.6) is 0 Å². The summed E-state index contributed by atoms with van der Waals surface area (Å²) in [6.07, 6.45) is 7.73. The number of aromatic nitrogens is 5. The molecule has 31 heavy (non-hydrogen) atoms. The van der Waals surface area contributed by atoms with Gasteiger partial charge in [0.05, 0.1) is 28.7 Å². The zero-order chi connectivity index (χ0) is 21.6. The van der Waals surface area contributed by atoms with E-state index < -0.39 is 15.6 Å². The maximum absolute atomic E-state index is 12.7. The number of hydrogen-bond donors (Lipinski definition) is 3. The monoisotopic (exact) mass is 438 g/mol.